The number of pyridine rings is 1. The number of fused-ring (bicyclic) bond motifs is 1. The van der Waals surface area contributed by atoms with Gasteiger partial charge in [0.15, 0.2) is 0 Å². The molecular formula is C21H23N4O2. The first kappa shape index (κ1) is 17.5. The van der Waals surface area contributed by atoms with Gasteiger partial charge in [-0.1, -0.05) is 12.1 Å². The molecule has 1 unspecified atom stereocenters. The first-order valence-corrected chi connectivity index (χ1v) is 9.21. The summed E-state index contributed by atoms with van der Waals surface area (Å²) in [7, 11) is 2.15. The SMILES string of the molecule is CN1CCCC(COc2cccc(-c3cnc4[nH]c[c]c4c3C(N)=O)c2)C1. The number of rotatable bonds is 5. The number of aromatic amines is 1. The van der Waals surface area contributed by atoms with Crippen molar-refractivity contribution in [3.8, 4) is 16.9 Å². The molecule has 1 fully saturated rings. The van der Waals surface area contributed by atoms with Crippen molar-refractivity contribution in [2.45, 2.75) is 12.8 Å². The van der Waals surface area contributed by atoms with Gasteiger partial charge in [-0.2, -0.15) is 0 Å². The number of ether oxygens (including phenoxy) is 1. The fraction of sp³-hybridized carbons (Fsp3) is 0.333. The van der Waals surface area contributed by atoms with Crippen LogP contribution in [0, 0.1) is 12.0 Å². The fourth-order valence-corrected chi connectivity index (χ4v) is 3.79. The van der Waals surface area contributed by atoms with Gasteiger partial charge in [-0.3, -0.25) is 4.79 Å². The van der Waals surface area contributed by atoms with E-state index in [0.29, 0.717) is 34.7 Å². The minimum Gasteiger partial charge on any atom is -0.493 e. The third-order valence-corrected chi connectivity index (χ3v) is 5.10. The van der Waals surface area contributed by atoms with Gasteiger partial charge in [0, 0.05) is 41.9 Å². The number of hydrogen-bond acceptors (Lipinski definition) is 4. The number of amides is 1. The lowest BCUT2D eigenvalue weighted by Crippen LogP contribution is -2.34. The van der Waals surface area contributed by atoms with E-state index in [0.717, 1.165) is 24.4 Å². The van der Waals surface area contributed by atoms with Crippen LogP contribution in [0.5, 0.6) is 5.75 Å². The maximum absolute atomic E-state index is 12.1. The van der Waals surface area contributed by atoms with Crippen molar-refractivity contribution in [2.24, 2.45) is 11.7 Å². The third kappa shape index (κ3) is 3.66. The summed E-state index contributed by atoms with van der Waals surface area (Å²) in [6.07, 6.45) is 5.71. The zero-order chi connectivity index (χ0) is 18.8. The normalized spacial score (nSPS) is 17.9. The second-order valence-corrected chi connectivity index (χ2v) is 7.18. The number of benzene rings is 1. The average Bonchev–Trinajstić information content (AvgIpc) is 3.14. The molecule has 3 aromatic rings. The minimum atomic E-state index is -0.496. The standard InChI is InChI=1S/C21H23N4O2/c1-25-9-3-4-14(12-25)13-27-16-6-2-5-15(10-16)18-11-24-21-17(7-8-23-21)19(18)20(22)26/h2,5-6,8,10-11,14H,3-4,9,12-13H2,1H3,(H2,22,26)(H,23,24). The Kier molecular flexibility index (Phi) is 4.81. The molecule has 1 amide bonds. The van der Waals surface area contributed by atoms with E-state index in [2.05, 4.69) is 28.0 Å². The van der Waals surface area contributed by atoms with E-state index in [1.165, 1.54) is 12.8 Å². The topological polar surface area (TPSA) is 84.2 Å². The van der Waals surface area contributed by atoms with Crippen LogP contribution in [0.25, 0.3) is 22.2 Å². The highest BCUT2D eigenvalue weighted by molar-refractivity contribution is 6.10. The summed E-state index contributed by atoms with van der Waals surface area (Å²) in [4.78, 5) is 21.8. The van der Waals surface area contributed by atoms with Gasteiger partial charge in [-0.05, 0) is 44.1 Å². The van der Waals surface area contributed by atoms with Crippen LogP contribution >= 0.6 is 0 Å². The van der Waals surface area contributed by atoms with Gasteiger partial charge < -0.3 is 20.4 Å². The van der Waals surface area contributed by atoms with E-state index in [9.17, 15) is 4.79 Å². The second-order valence-electron chi connectivity index (χ2n) is 7.18. The predicted molar refractivity (Wildman–Crippen MR) is 105 cm³/mol. The molecule has 2 aromatic heterocycles. The number of carbonyl (C=O) groups is 1. The maximum Gasteiger partial charge on any atom is 0.250 e. The lowest BCUT2D eigenvalue weighted by atomic mass is 9.98. The summed E-state index contributed by atoms with van der Waals surface area (Å²) in [5.74, 6) is 0.833. The van der Waals surface area contributed by atoms with E-state index in [4.69, 9.17) is 10.5 Å². The number of nitrogens with zero attached hydrogens (tertiary/aromatic N) is 2. The molecule has 1 saturated heterocycles. The number of aromatic nitrogens is 2. The molecule has 6 nitrogen and oxygen atoms in total. The Balaban J connectivity index is 1.60. The Bertz CT molecular complexity index is 966. The van der Waals surface area contributed by atoms with Gasteiger partial charge in [0.05, 0.1) is 12.2 Å². The second kappa shape index (κ2) is 7.40. The summed E-state index contributed by atoms with van der Waals surface area (Å²) >= 11 is 0. The molecule has 139 valence electrons. The number of piperidine rings is 1. The number of H-pyrrole nitrogens is 1. The maximum atomic E-state index is 12.1. The zero-order valence-corrected chi connectivity index (χ0v) is 15.4. The van der Waals surface area contributed by atoms with E-state index >= 15 is 0 Å². The van der Waals surface area contributed by atoms with Crippen molar-refractivity contribution in [1.29, 1.82) is 0 Å². The fourth-order valence-electron chi connectivity index (χ4n) is 3.79. The summed E-state index contributed by atoms with van der Waals surface area (Å²) in [5, 5.41) is 0.608. The molecule has 1 aromatic carbocycles. The number of nitrogens with two attached hydrogens (primary N) is 1. The lowest BCUT2D eigenvalue weighted by molar-refractivity contribution is 0.100. The molecular weight excluding hydrogens is 340 g/mol. The van der Waals surface area contributed by atoms with Crippen molar-refractivity contribution in [1.82, 2.24) is 14.9 Å². The number of likely N-dealkylation sites (tertiary alicyclic amines) is 1. The van der Waals surface area contributed by atoms with Gasteiger partial charge in [0.2, 0.25) is 5.91 Å². The first-order chi connectivity index (χ1) is 13.1. The first-order valence-electron chi connectivity index (χ1n) is 9.21. The summed E-state index contributed by atoms with van der Waals surface area (Å²) in [6, 6.07) is 10.7. The number of primary amides is 1. The zero-order valence-electron chi connectivity index (χ0n) is 15.4. The van der Waals surface area contributed by atoms with E-state index < -0.39 is 5.91 Å². The molecule has 0 aliphatic carbocycles. The van der Waals surface area contributed by atoms with Crippen molar-refractivity contribution in [3.63, 3.8) is 0 Å². The average molecular weight is 363 g/mol. The highest BCUT2D eigenvalue weighted by atomic mass is 16.5. The summed E-state index contributed by atoms with van der Waals surface area (Å²) < 4.78 is 6.05. The van der Waals surface area contributed by atoms with Gasteiger partial charge in [0.25, 0.3) is 0 Å². The molecule has 0 spiro atoms. The predicted octanol–water partition coefficient (Wildman–Crippen LogP) is 2.85. The minimum absolute atomic E-state index is 0.423. The number of nitrogens with one attached hydrogen (secondary N) is 1. The number of carbonyl (C=O) groups excluding carboxylic acids is 1. The molecule has 4 rings (SSSR count). The molecule has 1 atom stereocenters. The van der Waals surface area contributed by atoms with Crippen LogP contribution in [0.1, 0.15) is 23.2 Å². The highest BCUT2D eigenvalue weighted by Crippen LogP contribution is 2.30. The molecule has 6 heteroatoms. The quantitative estimate of drug-likeness (QED) is 0.730. The van der Waals surface area contributed by atoms with Gasteiger partial charge in [0.1, 0.15) is 11.4 Å². The Hall–Kier alpha value is -2.86. The van der Waals surface area contributed by atoms with Crippen molar-refractivity contribution in [3.05, 3.63) is 48.3 Å². The smallest absolute Gasteiger partial charge is 0.250 e. The van der Waals surface area contributed by atoms with Gasteiger partial charge >= 0.3 is 0 Å². The van der Waals surface area contributed by atoms with E-state index in [1.807, 2.05) is 24.3 Å². The molecule has 1 aliphatic rings. The molecule has 3 N–H and O–H groups in total. The van der Waals surface area contributed by atoms with Gasteiger partial charge in [-0.15, -0.1) is 0 Å². The Morgan fingerprint density at radius 3 is 3.19 bits per heavy atom. The van der Waals surface area contributed by atoms with Crippen LogP contribution in [0.2, 0.25) is 0 Å². The van der Waals surface area contributed by atoms with E-state index in [1.54, 1.807) is 12.4 Å². The highest BCUT2D eigenvalue weighted by Gasteiger charge is 2.19. The van der Waals surface area contributed by atoms with Crippen molar-refractivity contribution < 1.29 is 9.53 Å². The Labute approximate surface area is 158 Å². The van der Waals surface area contributed by atoms with Crippen LogP contribution in [0.3, 0.4) is 0 Å². The van der Waals surface area contributed by atoms with Crippen LogP contribution in [0.4, 0.5) is 0 Å². The van der Waals surface area contributed by atoms with Crippen molar-refractivity contribution >= 4 is 16.9 Å². The van der Waals surface area contributed by atoms with Crippen LogP contribution in [0.15, 0.2) is 36.7 Å². The summed E-state index contributed by atoms with van der Waals surface area (Å²) in [5.41, 5.74) is 8.21. The van der Waals surface area contributed by atoms with Gasteiger partial charge in [-0.25, -0.2) is 4.98 Å². The van der Waals surface area contributed by atoms with Crippen LogP contribution in [-0.2, 0) is 0 Å². The van der Waals surface area contributed by atoms with Crippen LogP contribution in [-0.4, -0.2) is 47.5 Å². The molecule has 27 heavy (non-hydrogen) atoms. The third-order valence-electron chi connectivity index (χ3n) is 5.10. The summed E-state index contributed by atoms with van der Waals surface area (Å²) in [6.45, 7) is 2.92. The Morgan fingerprint density at radius 1 is 1.48 bits per heavy atom. The molecule has 1 radical (unpaired) electrons. The molecule has 1 aliphatic heterocycles. The number of hydrogen-bond donors (Lipinski definition) is 2. The Morgan fingerprint density at radius 2 is 2.37 bits per heavy atom. The molecule has 3 heterocycles. The van der Waals surface area contributed by atoms with E-state index in [-0.39, 0.29) is 0 Å². The monoisotopic (exact) mass is 363 g/mol. The molecule has 0 saturated carbocycles. The molecule has 0 bridgehead atoms. The van der Waals surface area contributed by atoms with Crippen molar-refractivity contribution in [2.75, 3.05) is 26.7 Å². The lowest BCUT2D eigenvalue weighted by Gasteiger charge is -2.29. The van der Waals surface area contributed by atoms with Crippen LogP contribution < -0.4 is 10.5 Å². The largest absolute Gasteiger partial charge is 0.493 e.